The van der Waals surface area contributed by atoms with Gasteiger partial charge < -0.3 is 14.2 Å². The highest BCUT2D eigenvalue weighted by molar-refractivity contribution is 5.71. The zero-order chi connectivity index (χ0) is 55.7. The third kappa shape index (κ3) is 62.3. The lowest BCUT2D eigenvalue weighted by Gasteiger charge is -2.18. The maximum Gasteiger partial charge on any atom is 0.306 e. The first-order valence-corrected chi connectivity index (χ1v) is 31.7. The fourth-order valence-electron chi connectivity index (χ4n) is 8.37. The number of carbonyl (C=O) groups excluding carboxylic acids is 3. The number of rotatable bonds is 56. The molecule has 0 aromatic heterocycles. The van der Waals surface area contributed by atoms with Gasteiger partial charge in [-0.2, -0.15) is 0 Å². The molecule has 0 amide bonds. The highest BCUT2D eigenvalue weighted by Gasteiger charge is 2.19. The molecular weight excluding hydrogens is 949 g/mol. The van der Waals surface area contributed by atoms with Gasteiger partial charge >= 0.3 is 17.9 Å². The van der Waals surface area contributed by atoms with Crippen molar-refractivity contribution < 1.29 is 28.6 Å². The second-order valence-corrected chi connectivity index (χ2v) is 20.6. The van der Waals surface area contributed by atoms with Crippen LogP contribution in [0.4, 0.5) is 0 Å². The fraction of sp³-hybridized carbons (Fsp3) is 0.648. The minimum absolute atomic E-state index is 0.106. The number of allylic oxidation sites excluding steroid dienone is 22. The topological polar surface area (TPSA) is 78.9 Å². The molecule has 0 aromatic rings. The summed E-state index contributed by atoms with van der Waals surface area (Å²) in [6.45, 7) is 6.46. The number of carbonyl (C=O) groups is 3. The SMILES string of the molecule is CC/C=C\C/C=C\C/C=C\C/C=C\C/C=C\C/C=C\C/C=C\C/C=C\C/C=C\CCCC(=O)OCC(COC(=O)CCCCCCC/C=C\CCCCCCC)OC(=O)CCCCCCC/C=C\CCCCCCCCC. The van der Waals surface area contributed by atoms with Crippen molar-refractivity contribution in [1.29, 1.82) is 0 Å². The molecule has 6 heteroatoms. The van der Waals surface area contributed by atoms with E-state index in [1.165, 1.54) is 103 Å². The average Bonchev–Trinajstić information content (AvgIpc) is 3.43. The highest BCUT2D eigenvalue weighted by atomic mass is 16.6. The third-order valence-corrected chi connectivity index (χ3v) is 13.1. The van der Waals surface area contributed by atoms with Gasteiger partial charge in [-0.3, -0.25) is 14.4 Å². The predicted octanol–water partition coefficient (Wildman–Crippen LogP) is 21.8. The number of hydrogen-bond acceptors (Lipinski definition) is 6. The van der Waals surface area contributed by atoms with E-state index in [0.717, 1.165) is 128 Å². The van der Waals surface area contributed by atoms with Gasteiger partial charge in [-0.15, -0.1) is 0 Å². The van der Waals surface area contributed by atoms with Gasteiger partial charge in [0.2, 0.25) is 0 Å². The highest BCUT2D eigenvalue weighted by Crippen LogP contribution is 2.14. The summed E-state index contributed by atoms with van der Waals surface area (Å²) in [6, 6.07) is 0. The van der Waals surface area contributed by atoms with Crippen LogP contribution >= 0.6 is 0 Å². The molecule has 6 nitrogen and oxygen atoms in total. The molecular formula is C71H116O6. The zero-order valence-corrected chi connectivity index (χ0v) is 49.9. The van der Waals surface area contributed by atoms with E-state index in [2.05, 4.69) is 154 Å². The van der Waals surface area contributed by atoms with Gasteiger partial charge in [-0.25, -0.2) is 0 Å². The van der Waals surface area contributed by atoms with Crippen LogP contribution in [0.25, 0.3) is 0 Å². The van der Waals surface area contributed by atoms with Gasteiger partial charge in [0.1, 0.15) is 13.2 Å². The average molecular weight is 1070 g/mol. The lowest BCUT2D eigenvalue weighted by Crippen LogP contribution is -2.30. The molecule has 0 spiro atoms. The summed E-state index contributed by atoms with van der Waals surface area (Å²) >= 11 is 0. The van der Waals surface area contributed by atoms with Crippen LogP contribution in [-0.4, -0.2) is 37.2 Å². The molecule has 0 bridgehead atoms. The summed E-state index contributed by atoms with van der Waals surface area (Å²) in [4.78, 5) is 38.2. The van der Waals surface area contributed by atoms with E-state index in [4.69, 9.17) is 14.2 Å². The van der Waals surface area contributed by atoms with Gasteiger partial charge in [0, 0.05) is 19.3 Å². The minimum Gasteiger partial charge on any atom is -0.462 e. The Labute approximate surface area is 475 Å². The van der Waals surface area contributed by atoms with Crippen molar-refractivity contribution in [2.24, 2.45) is 0 Å². The first-order valence-electron chi connectivity index (χ1n) is 31.7. The summed E-state index contributed by atoms with van der Waals surface area (Å²) in [5.74, 6) is -0.984. The molecule has 0 rings (SSSR count). The van der Waals surface area contributed by atoms with Crippen LogP contribution in [0.1, 0.15) is 278 Å². The third-order valence-electron chi connectivity index (χ3n) is 13.1. The second kappa shape index (κ2) is 64.1. The van der Waals surface area contributed by atoms with Crippen LogP contribution in [0, 0.1) is 0 Å². The molecule has 436 valence electrons. The quantitative estimate of drug-likeness (QED) is 0.0261. The van der Waals surface area contributed by atoms with Crippen molar-refractivity contribution >= 4 is 17.9 Å². The second-order valence-electron chi connectivity index (χ2n) is 20.6. The van der Waals surface area contributed by atoms with Crippen molar-refractivity contribution in [3.8, 4) is 0 Å². The number of ether oxygens (including phenoxy) is 3. The monoisotopic (exact) mass is 1060 g/mol. The Morgan fingerprint density at radius 2 is 0.519 bits per heavy atom. The van der Waals surface area contributed by atoms with Gasteiger partial charge in [-0.1, -0.05) is 257 Å². The number of hydrogen-bond donors (Lipinski definition) is 0. The standard InChI is InChI=1S/C71H116O6/c1-4-7-10-13-16-19-22-25-28-30-31-32-33-34-35-36-37-38-39-40-41-42-44-46-49-52-55-58-61-64-70(73)76-67-68(66-75-69(72)63-60-57-54-51-48-45-27-24-21-18-15-12-9-6-3)77-71(74)65-62-59-56-53-50-47-43-29-26-23-20-17-14-11-8-5-2/h7,10,16,19,24-25,27-29,31-32,34-35,37-38,40-41,43-44,46,52,55,68H,4-6,8-9,11-15,17-18,20-23,26,30,33,36,39,42,45,47-51,53-54,56-67H2,1-3H3/b10-7-,19-16-,27-24-,28-25-,32-31-,35-34-,38-37-,41-40-,43-29-,46-44-,55-52-. The van der Waals surface area contributed by atoms with Crippen molar-refractivity contribution in [3.63, 3.8) is 0 Å². The summed E-state index contributed by atoms with van der Waals surface area (Å²) in [5.41, 5.74) is 0. The van der Waals surface area contributed by atoms with Crippen molar-refractivity contribution in [3.05, 3.63) is 134 Å². The number of esters is 3. The van der Waals surface area contributed by atoms with Gasteiger partial charge in [0.25, 0.3) is 0 Å². The molecule has 1 unspecified atom stereocenters. The maximum absolute atomic E-state index is 12.9. The van der Waals surface area contributed by atoms with Gasteiger partial charge in [0.15, 0.2) is 6.10 Å². The Hall–Kier alpha value is -4.45. The van der Waals surface area contributed by atoms with Crippen LogP contribution in [0.2, 0.25) is 0 Å². The molecule has 0 aliphatic rings. The Morgan fingerprint density at radius 1 is 0.273 bits per heavy atom. The predicted molar refractivity (Wildman–Crippen MR) is 334 cm³/mol. The van der Waals surface area contributed by atoms with E-state index >= 15 is 0 Å². The fourth-order valence-corrected chi connectivity index (χ4v) is 8.37. The normalized spacial score (nSPS) is 13.0. The minimum atomic E-state index is -0.814. The lowest BCUT2D eigenvalue weighted by atomic mass is 10.1. The van der Waals surface area contributed by atoms with Crippen LogP contribution in [0.5, 0.6) is 0 Å². The molecule has 0 heterocycles. The summed E-state index contributed by atoms with van der Waals surface area (Å²) in [5, 5.41) is 0. The molecule has 0 aromatic carbocycles. The van der Waals surface area contributed by atoms with E-state index < -0.39 is 6.10 Å². The number of unbranched alkanes of at least 4 members (excludes halogenated alkanes) is 23. The van der Waals surface area contributed by atoms with Crippen LogP contribution in [-0.2, 0) is 28.6 Å². The molecule has 77 heavy (non-hydrogen) atoms. The molecule has 0 aliphatic carbocycles. The molecule has 1 atom stereocenters. The van der Waals surface area contributed by atoms with Crippen LogP contribution in [0.15, 0.2) is 134 Å². The Bertz CT molecular complexity index is 1650. The summed E-state index contributed by atoms with van der Waals surface area (Å²) in [7, 11) is 0. The lowest BCUT2D eigenvalue weighted by molar-refractivity contribution is -0.167. The molecule has 0 saturated carbocycles. The Balaban J connectivity index is 4.46. The zero-order valence-electron chi connectivity index (χ0n) is 49.9. The smallest absolute Gasteiger partial charge is 0.306 e. The molecule has 0 aliphatic heterocycles. The van der Waals surface area contributed by atoms with Crippen molar-refractivity contribution in [1.82, 2.24) is 0 Å². The van der Waals surface area contributed by atoms with Crippen molar-refractivity contribution in [2.45, 2.75) is 284 Å². The molecule has 0 N–H and O–H groups in total. The first kappa shape index (κ1) is 72.5. The summed E-state index contributed by atoms with van der Waals surface area (Å²) < 4.78 is 16.8. The molecule has 0 saturated heterocycles. The summed E-state index contributed by atoms with van der Waals surface area (Å²) in [6.07, 6.45) is 90.3. The Morgan fingerprint density at radius 3 is 0.857 bits per heavy atom. The van der Waals surface area contributed by atoms with E-state index in [9.17, 15) is 14.4 Å². The molecule has 0 radical (unpaired) electrons. The van der Waals surface area contributed by atoms with Crippen LogP contribution in [0.3, 0.4) is 0 Å². The van der Waals surface area contributed by atoms with Crippen LogP contribution < -0.4 is 0 Å². The van der Waals surface area contributed by atoms with E-state index in [-0.39, 0.29) is 37.5 Å². The maximum atomic E-state index is 12.9. The largest absolute Gasteiger partial charge is 0.462 e. The van der Waals surface area contributed by atoms with Gasteiger partial charge in [-0.05, 0) is 135 Å². The van der Waals surface area contributed by atoms with E-state index in [1.807, 2.05) is 0 Å². The van der Waals surface area contributed by atoms with Crippen molar-refractivity contribution in [2.75, 3.05) is 13.2 Å². The van der Waals surface area contributed by atoms with E-state index in [0.29, 0.717) is 19.3 Å². The Kier molecular flexibility index (Phi) is 60.4. The first-order chi connectivity index (χ1) is 38.0. The van der Waals surface area contributed by atoms with Gasteiger partial charge in [0.05, 0.1) is 0 Å². The van der Waals surface area contributed by atoms with E-state index in [1.54, 1.807) is 0 Å². The molecule has 0 fully saturated rings.